The van der Waals surface area contributed by atoms with E-state index >= 15 is 0 Å². The Balaban J connectivity index is 1.76. The van der Waals surface area contributed by atoms with Crippen LogP contribution in [-0.2, 0) is 25.6 Å². The Bertz CT molecular complexity index is 836. The molecule has 1 unspecified atom stereocenters. The third-order valence-electron chi connectivity index (χ3n) is 4.35. The van der Waals surface area contributed by atoms with Gasteiger partial charge in [0.15, 0.2) is 5.12 Å². The molecule has 0 radical (unpaired) electrons. The number of amides is 2. The second-order valence-electron chi connectivity index (χ2n) is 6.38. The molecule has 0 aromatic carbocycles. The smallest absolute Gasteiger partial charge is 0.352 e. The predicted octanol–water partition coefficient (Wildman–Crippen LogP) is 1.70. The molecule has 0 aliphatic carbocycles. The number of carboxylic acid groups (broad SMARTS) is 1. The molecular formula is C17H18N2O5S3. The van der Waals surface area contributed by atoms with Crippen LogP contribution in [0.5, 0.6) is 0 Å². The summed E-state index contributed by atoms with van der Waals surface area (Å²) in [4.78, 5) is 50.2. The molecule has 0 saturated carbocycles. The van der Waals surface area contributed by atoms with E-state index < -0.39 is 22.8 Å². The van der Waals surface area contributed by atoms with E-state index in [0.717, 1.165) is 16.6 Å². The van der Waals surface area contributed by atoms with Crippen LogP contribution in [0.1, 0.15) is 18.7 Å². The molecule has 3 heterocycles. The van der Waals surface area contributed by atoms with Gasteiger partial charge in [-0.3, -0.25) is 19.3 Å². The first-order valence-electron chi connectivity index (χ1n) is 8.11. The van der Waals surface area contributed by atoms with Crippen molar-refractivity contribution in [1.29, 1.82) is 0 Å². The van der Waals surface area contributed by atoms with Crippen LogP contribution in [0.2, 0.25) is 0 Å². The number of hydrogen-bond donors (Lipinski definition) is 2. The first kappa shape index (κ1) is 20.0. The number of β-lactam (4-membered cyclic amide) rings is 1. The van der Waals surface area contributed by atoms with Crippen LogP contribution in [0, 0.1) is 0 Å². The van der Waals surface area contributed by atoms with E-state index in [1.807, 2.05) is 17.5 Å². The van der Waals surface area contributed by atoms with E-state index in [0.29, 0.717) is 11.3 Å². The molecule has 144 valence electrons. The molecule has 2 aliphatic rings. The Morgan fingerprint density at radius 1 is 1.44 bits per heavy atom. The SMILES string of the molecule is CC(=O)SCC1=C(C(=O)O)N2C(=O)C(C)(NC(=O)Cc3cccs3)[C@H]2SC1. The van der Waals surface area contributed by atoms with Gasteiger partial charge in [-0.1, -0.05) is 17.8 Å². The number of carboxylic acids is 1. The van der Waals surface area contributed by atoms with Crippen LogP contribution < -0.4 is 5.32 Å². The second-order valence-corrected chi connectivity index (χ2v) is 9.64. The summed E-state index contributed by atoms with van der Waals surface area (Å²) in [6.45, 7) is 3.05. The Labute approximate surface area is 168 Å². The van der Waals surface area contributed by atoms with Gasteiger partial charge in [-0.15, -0.1) is 23.1 Å². The highest BCUT2D eigenvalue weighted by atomic mass is 32.2. The molecule has 3 rings (SSSR count). The summed E-state index contributed by atoms with van der Waals surface area (Å²) in [6.07, 6.45) is 0.181. The number of thiophene rings is 1. The summed E-state index contributed by atoms with van der Waals surface area (Å²) >= 11 is 3.88. The van der Waals surface area contributed by atoms with Gasteiger partial charge in [0, 0.05) is 23.3 Å². The summed E-state index contributed by atoms with van der Waals surface area (Å²) in [5, 5.41) is 13.7. The summed E-state index contributed by atoms with van der Waals surface area (Å²) < 4.78 is 0. The summed E-state index contributed by atoms with van der Waals surface area (Å²) in [5.74, 6) is -1.27. The van der Waals surface area contributed by atoms with Crippen LogP contribution in [0.3, 0.4) is 0 Å². The average molecular weight is 427 g/mol. The maximum Gasteiger partial charge on any atom is 0.352 e. The van der Waals surface area contributed by atoms with Gasteiger partial charge in [0.1, 0.15) is 16.6 Å². The number of nitrogens with one attached hydrogen (secondary N) is 1. The zero-order valence-corrected chi connectivity index (χ0v) is 17.1. The standard InChI is InChI=1S/C17H18N2O5S3/c1-9(20)26-7-10-8-27-16-17(2,15(24)19(16)13(10)14(22)23)18-12(21)6-11-4-3-5-25-11/h3-5,16H,6-8H2,1-2H3,(H,18,21)(H,22,23)/t16-,17?/m1/s1. The fraction of sp³-hybridized carbons (Fsp3) is 0.412. The maximum absolute atomic E-state index is 12.8. The van der Waals surface area contributed by atoms with Gasteiger partial charge >= 0.3 is 5.97 Å². The van der Waals surface area contributed by atoms with Gasteiger partial charge in [0.05, 0.1) is 6.42 Å². The molecule has 1 fully saturated rings. The molecule has 0 spiro atoms. The van der Waals surface area contributed by atoms with Crippen molar-refractivity contribution in [1.82, 2.24) is 10.2 Å². The van der Waals surface area contributed by atoms with E-state index in [-0.39, 0.29) is 28.9 Å². The third-order valence-corrected chi connectivity index (χ3v) is 7.64. The largest absolute Gasteiger partial charge is 0.477 e. The van der Waals surface area contributed by atoms with Crippen LogP contribution in [-0.4, -0.2) is 55.3 Å². The molecule has 7 nitrogen and oxygen atoms in total. The van der Waals surface area contributed by atoms with E-state index in [1.165, 1.54) is 34.9 Å². The van der Waals surface area contributed by atoms with Crippen molar-refractivity contribution in [3.8, 4) is 0 Å². The number of carbonyl (C=O) groups is 4. The zero-order valence-electron chi connectivity index (χ0n) is 14.7. The van der Waals surface area contributed by atoms with E-state index in [1.54, 1.807) is 6.92 Å². The van der Waals surface area contributed by atoms with Gasteiger partial charge in [-0.2, -0.15) is 0 Å². The number of hydrogen-bond acceptors (Lipinski definition) is 7. The molecule has 2 atom stereocenters. The molecule has 10 heteroatoms. The number of carbonyl (C=O) groups excluding carboxylic acids is 3. The minimum Gasteiger partial charge on any atom is -0.477 e. The van der Waals surface area contributed by atoms with Crippen molar-refractivity contribution in [3.05, 3.63) is 33.7 Å². The van der Waals surface area contributed by atoms with Crippen molar-refractivity contribution >= 4 is 57.8 Å². The number of aliphatic carboxylic acids is 1. The minimum atomic E-state index is -1.19. The maximum atomic E-state index is 12.8. The zero-order chi connectivity index (χ0) is 19.8. The van der Waals surface area contributed by atoms with Gasteiger partial charge in [0.25, 0.3) is 5.91 Å². The van der Waals surface area contributed by atoms with Gasteiger partial charge < -0.3 is 10.4 Å². The molecule has 0 bridgehead atoms. The monoisotopic (exact) mass is 426 g/mol. The molecule has 1 aromatic rings. The highest BCUT2D eigenvalue weighted by Gasteiger charge is 2.62. The van der Waals surface area contributed by atoms with Gasteiger partial charge in [0.2, 0.25) is 5.91 Å². The Morgan fingerprint density at radius 3 is 2.78 bits per heavy atom. The topological polar surface area (TPSA) is 104 Å². The number of thioether (sulfide) groups is 2. The highest BCUT2D eigenvalue weighted by Crippen LogP contribution is 2.46. The molecule has 2 amide bonds. The lowest BCUT2D eigenvalue weighted by Gasteiger charge is -2.55. The fourth-order valence-electron chi connectivity index (χ4n) is 3.11. The van der Waals surface area contributed by atoms with E-state index in [2.05, 4.69) is 5.32 Å². The summed E-state index contributed by atoms with van der Waals surface area (Å²) in [7, 11) is 0. The second kappa shape index (κ2) is 7.69. The fourth-order valence-corrected chi connectivity index (χ4v) is 6.00. The molecule has 27 heavy (non-hydrogen) atoms. The lowest BCUT2D eigenvalue weighted by Crippen LogP contribution is -2.78. The van der Waals surface area contributed by atoms with Crippen LogP contribution in [0.25, 0.3) is 0 Å². The van der Waals surface area contributed by atoms with Crippen molar-refractivity contribution < 1.29 is 24.3 Å². The number of nitrogens with zero attached hydrogens (tertiary/aromatic N) is 1. The first-order chi connectivity index (χ1) is 12.7. The third kappa shape index (κ3) is 3.78. The summed E-state index contributed by atoms with van der Waals surface area (Å²) in [5.41, 5.74) is -0.661. The Hall–Kier alpha value is -1.78. The quantitative estimate of drug-likeness (QED) is 0.667. The molecule has 1 saturated heterocycles. The highest BCUT2D eigenvalue weighted by molar-refractivity contribution is 8.13. The first-order valence-corrected chi connectivity index (χ1v) is 11.0. The predicted molar refractivity (Wildman–Crippen MR) is 105 cm³/mol. The van der Waals surface area contributed by atoms with Crippen LogP contribution >= 0.6 is 34.9 Å². The number of rotatable bonds is 6. The Morgan fingerprint density at radius 2 is 2.19 bits per heavy atom. The van der Waals surface area contributed by atoms with Crippen LogP contribution in [0.15, 0.2) is 28.8 Å². The summed E-state index contributed by atoms with van der Waals surface area (Å²) in [6, 6.07) is 3.70. The lowest BCUT2D eigenvalue weighted by atomic mass is 9.88. The average Bonchev–Trinajstić information content (AvgIpc) is 3.11. The Kier molecular flexibility index (Phi) is 5.68. The minimum absolute atomic E-state index is 0.0671. The molecular weight excluding hydrogens is 408 g/mol. The van der Waals surface area contributed by atoms with Crippen LogP contribution in [0.4, 0.5) is 0 Å². The molecule has 1 aromatic heterocycles. The lowest BCUT2D eigenvalue weighted by molar-refractivity contribution is -0.157. The number of fused-ring (bicyclic) bond motifs is 1. The van der Waals surface area contributed by atoms with Crippen molar-refractivity contribution in [2.75, 3.05) is 11.5 Å². The van der Waals surface area contributed by atoms with E-state index in [9.17, 15) is 24.3 Å². The van der Waals surface area contributed by atoms with Gasteiger partial charge in [-0.25, -0.2) is 4.79 Å². The van der Waals surface area contributed by atoms with Crippen molar-refractivity contribution in [3.63, 3.8) is 0 Å². The normalized spacial score (nSPS) is 24.3. The van der Waals surface area contributed by atoms with Crippen molar-refractivity contribution in [2.24, 2.45) is 0 Å². The van der Waals surface area contributed by atoms with E-state index in [4.69, 9.17) is 0 Å². The van der Waals surface area contributed by atoms with Gasteiger partial charge in [-0.05, 0) is 23.9 Å². The van der Waals surface area contributed by atoms with Crippen molar-refractivity contribution in [2.45, 2.75) is 31.2 Å². The molecule has 2 N–H and O–H groups in total. The molecule has 2 aliphatic heterocycles.